The first kappa shape index (κ1) is 16.0. The Balaban J connectivity index is 2.64. The maximum Gasteiger partial charge on any atom is 0.325 e. The van der Waals surface area contributed by atoms with Gasteiger partial charge in [0.1, 0.15) is 12.1 Å². The second kappa shape index (κ2) is 6.93. The van der Waals surface area contributed by atoms with E-state index in [1.807, 2.05) is 20.8 Å². The first-order chi connectivity index (χ1) is 9.31. The Morgan fingerprint density at radius 3 is 2.40 bits per heavy atom. The molecule has 1 rings (SSSR count). The van der Waals surface area contributed by atoms with Crippen LogP contribution in [0.2, 0.25) is 0 Å². The molecule has 1 N–H and O–H groups in total. The van der Waals surface area contributed by atoms with Crippen LogP contribution in [0, 0.1) is 0 Å². The molecule has 0 saturated carbocycles. The molecule has 0 heterocycles. The first-order valence-electron chi connectivity index (χ1n) is 6.57. The highest BCUT2D eigenvalue weighted by Crippen LogP contribution is 2.24. The summed E-state index contributed by atoms with van der Waals surface area (Å²) in [6, 6.07) is 6.96. The van der Waals surface area contributed by atoms with Gasteiger partial charge in [0.05, 0.1) is 5.69 Å². The Morgan fingerprint density at radius 1 is 1.15 bits per heavy atom. The van der Waals surface area contributed by atoms with Gasteiger partial charge in [-0.2, -0.15) is 0 Å². The highest BCUT2D eigenvalue weighted by atomic mass is 16.6. The van der Waals surface area contributed by atoms with Gasteiger partial charge < -0.3 is 14.8 Å². The summed E-state index contributed by atoms with van der Waals surface area (Å²) >= 11 is 0. The predicted octanol–water partition coefficient (Wildman–Crippen LogP) is 2.76. The molecule has 0 aromatic heterocycles. The van der Waals surface area contributed by atoms with Crippen molar-refractivity contribution in [3.63, 3.8) is 0 Å². The van der Waals surface area contributed by atoms with E-state index in [9.17, 15) is 9.59 Å². The summed E-state index contributed by atoms with van der Waals surface area (Å²) in [6.45, 7) is 7.16. The highest BCUT2D eigenvalue weighted by Gasteiger charge is 2.16. The fraction of sp³-hybridized carbons (Fsp3) is 0.467. The van der Waals surface area contributed by atoms with Gasteiger partial charge in [0.2, 0.25) is 0 Å². The summed E-state index contributed by atoms with van der Waals surface area (Å²) in [5.41, 5.74) is 0.0626. The van der Waals surface area contributed by atoms with Crippen molar-refractivity contribution in [3.05, 3.63) is 24.3 Å². The lowest BCUT2D eigenvalue weighted by Gasteiger charge is -2.20. The normalized spacial score (nSPS) is 10.8. The van der Waals surface area contributed by atoms with Crippen molar-refractivity contribution in [1.29, 1.82) is 0 Å². The van der Waals surface area contributed by atoms with Gasteiger partial charge in [-0.15, -0.1) is 0 Å². The fourth-order valence-corrected chi connectivity index (χ4v) is 1.44. The highest BCUT2D eigenvalue weighted by molar-refractivity contribution is 5.78. The zero-order chi connectivity index (χ0) is 15.2. The predicted molar refractivity (Wildman–Crippen MR) is 76.7 cm³/mol. The van der Waals surface area contributed by atoms with Crippen molar-refractivity contribution in [2.24, 2.45) is 0 Å². The number of ether oxygens (including phenoxy) is 2. The van der Waals surface area contributed by atoms with Crippen LogP contribution in [0.15, 0.2) is 24.3 Å². The standard InChI is InChI=1S/C15H21NO4/c1-5-13(17)19-12-9-7-6-8-11(12)16-10-14(18)20-15(2,3)4/h6-9,16H,5,10H2,1-4H3. The van der Waals surface area contributed by atoms with Crippen LogP contribution in [0.1, 0.15) is 34.1 Å². The van der Waals surface area contributed by atoms with Crippen molar-refractivity contribution in [3.8, 4) is 5.75 Å². The van der Waals surface area contributed by atoms with Gasteiger partial charge in [-0.05, 0) is 32.9 Å². The molecule has 0 radical (unpaired) electrons. The first-order valence-corrected chi connectivity index (χ1v) is 6.57. The average Bonchev–Trinajstić information content (AvgIpc) is 2.35. The third-order valence-corrected chi connectivity index (χ3v) is 2.24. The topological polar surface area (TPSA) is 64.6 Å². The SMILES string of the molecule is CCC(=O)Oc1ccccc1NCC(=O)OC(C)(C)C. The molecule has 5 heteroatoms. The molecule has 0 atom stereocenters. The molecular formula is C15H21NO4. The third kappa shape index (κ3) is 5.73. The molecule has 5 nitrogen and oxygen atoms in total. The molecule has 1 aromatic carbocycles. The van der Waals surface area contributed by atoms with E-state index in [-0.39, 0.29) is 18.5 Å². The number of benzene rings is 1. The molecule has 0 bridgehead atoms. The van der Waals surface area contributed by atoms with E-state index in [2.05, 4.69) is 5.32 Å². The van der Waals surface area contributed by atoms with Crippen LogP contribution in [0.4, 0.5) is 5.69 Å². The van der Waals surface area contributed by atoms with E-state index < -0.39 is 5.60 Å². The van der Waals surface area contributed by atoms with Crippen molar-refractivity contribution in [1.82, 2.24) is 0 Å². The number of esters is 2. The molecule has 0 spiro atoms. The van der Waals surface area contributed by atoms with Gasteiger partial charge in [-0.25, -0.2) is 0 Å². The van der Waals surface area contributed by atoms with Crippen LogP contribution in [-0.4, -0.2) is 24.1 Å². The Bertz CT molecular complexity index is 477. The molecule has 0 aliphatic heterocycles. The third-order valence-electron chi connectivity index (χ3n) is 2.24. The van der Waals surface area contributed by atoms with Gasteiger partial charge in [0.15, 0.2) is 5.75 Å². The number of carbonyl (C=O) groups is 2. The minimum absolute atomic E-state index is 0.0119. The Labute approximate surface area is 119 Å². The molecule has 110 valence electrons. The number of hydrogen-bond donors (Lipinski definition) is 1. The maximum absolute atomic E-state index is 11.6. The zero-order valence-corrected chi connectivity index (χ0v) is 12.4. The van der Waals surface area contributed by atoms with Gasteiger partial charge >= 0.3 is 11.9 Å². The van der Waals surface area contributed by atoms with E-state index in [1.54, 1.807) is 31.2 Å². The smallest absolute Gasteiger partial charge is 0.325 e. The van der Waals surface area contributed by atoms with E-state index >= 15 is 0 Å². The molecule has 0 unspecified atom stereocenters. The lowest BCUT2D eigenvalue weighted by molar-refractivity contribution is -0.152. The van der Waals surface area contributed by atoms with Crippen LogP contribution in [0.25, 0.3) is 0 Å². The lowest BCUT2D eigenvalue weighted by Crippen LogP contribution is -2.28. The van der Waals surface area contributed by atoms with Crippen LogP contribution >= 0.6 is 0 Å². The van der Waals surface area contributed by atoms with Gasteiger partial charge in [0, 0.05) is 6.42 Å². The van der Waals surface area contributed by atoms with Gasteiger partial charge in [-0.1, -0.05) is 19.1 Å². The zero-order valence-electron chi connectivity index (χ0n) is 12.4. The quantitative estimate of drug-likeness (QED) is 0.663. The van der Waals surface area contributed by atoms with Crippen molar-refractivity contribution in [2.75, 3.05) is 11.9 Å². The minimum atomic E-state index is -0.521. The maximum atomic E-state index is 11.6. The lowest BCUT2D eigenvalue weighted by atomic mass is 10.2. The number of nitrogens with one attached hydrogen (secondary N) is 1. The minimum Gasteiger partial charge on any atom is -0.459 e. The summed E-state index contributed by atoms with van der Waals surface area (Å²) in [7, 11) is 0. The summed E-state index contributed by atoms with van der Waals surface area (Å²) in [6.07, 6.45) is 0.292. The molecule has 0 fully saturated rings. The van der Waals surface area contributed by atoms with Crippen LogP contribution in [0.5, 0.6) is 5.75 Å². The molecule has 0 amide bonds. The summed E-state index contributed by atoms with van der Waals surface area (Å²) < 4.78 is 10.4. The largest absolute Gasteiger partial charge is 0.459 e. The molecular weight excluding hydrogens is 258 g/mol. The molecule has 0 saturated heterocycles. The average molecular weight is 279 g/mol. The van der Waals surface area contributed by atoms with E-state index in [0.29, 0.717) is 17.9 Å². The van der Waals surface area contributed by atoms with E-state index in [4.69, 9.17) is 9.47 Å². The summed E-state index contributed by atoms with van der Waals surface area (Å²) in [5.74, 6) is -0.284. The number of hydrogen-bond acceptors (Lipinski definition) is 5. The van der Waals surface area contributed by atoms with Crippen molar-refractivity contribution < 1.29 is 19.1 Å². The van der Waals surface area contributed by atoms with Gasteiger partial charge in [0.25, 0.3) is 0 Å². The summed E-state index contributed by atoms with van der Waals surface area (Å²) in [5, 5.41) is 2.91. The number of carbonyl (C=O) groups excluding carboxylic acids is 2. The van der Waals surface area contributed by atoms with Crippen LogP contribution in [-0.2, 0) is 14.3 Å². The van der Waals surface area contributed by atoms with E-state index in [0.717, 1.165) is 0 Å². The van der Waals surface area contributed by atoms with Crippen LogP contribution in [0.3, 0.4) is 0 Å². The number of rotatable bonds is 5. The fourth-order valence-electron chi connectivity index (χ4n) is 1.44. The Hall–Kier alpha value is -2.04. The number of para-hydroxylation sites is 2. The molecule has 20 heavy (non-hydrogen) atoms. The van der Waals surface area contributed by atoms with Crippen molar-refractivity contribution in [2.45, 2.75) is 39.7 Å². The Morgan fingerprint density at radius 2 is 1.80 bits per heavy atom. The second-order valence-electron chi connectivity index (χ2n) is 5.26. The van der Waals surface area contributed by atoms with Crippen molar-refractivity contribution >= 4 is 17.6 Å². The van der Waals surface area contributed by atoms with Gasteiger partial charge in [-0.3, -0.25) is 9.59 Å². The van der Waals surface area contributed by atoms with Crippen LogP contribution < -0.4 is 10.1 Å². The monoisotopic (exact) mass is 279 g/mol. The molecule has 1 aromatic rings. The molecule has 0 aliphatic carbocycles. The van der Waals surface area contributed by atoms with E-state index in [1.165, 1.54) is 0 Å². The Kier molecular flexibility index (Phi) is 5.55. The number of anilines is 1. The molecule has 0 aliphatic rings. The second-order valence-corrected chi connectivity index (χ2v) is 5.26. The summed E-state index contributed by atoms with van der Waals surface area (Å²) in [4.78, 5) is 22.9.